The first-order chi connectivity index (χ1) is 3.68. The van der Waals surface area contributed by atoms with Crippen molar-refractivity contribution in [2.24, 2.45) is 22.0 Å². The SMILES string of the molecule is CC(C)/C(N)=N\N=O. The van der Waals surface area contributed by atoms with Crippen LogP contribution in [-0.4, -0.2) is 5.84 Å². The van der Waals surface area contributed by atoms with Gasteiger partial charge in [0.1, 0.15) is 5.84 Å². The van der Waals surface area contributed by atoms with E-state index in [0.717, 1.165) is 0 Å². The molecule has 0 aliphatic heterocycles. The third-order valence-electron chi connectivity index (χ3n) is 0.748. The minimum absolute atomic E-state index is 0.104. The summed E-state index contributed by atoms with van der Waals surface area (Å²) in [7, 11) is 0. The Balaban J connectivity index is 3.78. The molecular weight excluding hydrogens is 106 g/mol. The van der Waals surface area contributed by atoms with Crippen LogP contribution in [0, 0.1) is 10.8 Å². The minimum Gasteiger partial charge on any atom is -0.385 e. The molecule has 0 unspecified atom stereocenters. The van der Waals surface area contributed by atoms with Crippen LogP contribution in [0.1, 0.15) is 13.8 Å². The molecule has 0 amide bonds. The van der Waals surface area contributed by atoms with Crippen molar-refractivity contribution in [1.29, 1.82) is 0 Å². The molecule has 0 rings (SSSR count). The van der Waals surface area contributed by atoms with E-state index in [1.54, 1.807) is 0 Å². The van der Waals surface area contributed by atoms with Gasteiger partial charge in [-0.3, -0.25) is 0 Å². The van der Waals surface area contributed by atoms with Crippen molar-refractivity contribution in [1.82, 2.24) is 0 Å². The zero-order valence-electron chi connectivity index (χ0n) is 4.96. The zero-order valence-corrected chi connectivity index (χ0v) is 4.96. The van der Waals surface area contributed by atoms with Gasteiger partial charge in [0, 0.05) is 5.92 Å². The summed E-state index contributed by atoms with van der Waals surface area (Å²) in [6.07, 6.45) is 0. The lowest BCUT2D eigenvalue weighted by atomic mass is 10.2. The highest BCUT2D eigenvalue weighted by Crippen LogP contribution is 1.90. The number of rotatable bonds is 2. The average Bonchev–Trinajstić information content (AvgIpc) is 1.67. The van der Waals surface area contributed by atoms with E-state index < -0.39 is 0 Å². The largest absolute Gasteiger partial charge is 0.385 e. The lowest BCUT2D eigenvalue weighted by Gasteiger charge is -1.96. The molecule has 0 spiro atoms. The molecule has 0 radical (unpaired) electrons. The molecule has 2 N–H and O–H groups in total. The van der Waals surface area contributed by atoms with E-state index in [-0.39, 0.29) is 11.8 Å². The molecule has 4 heteroatoms. The van der Waals surface area contributed by atoms with Crippen LogP contribution >= 0.6 is 0 Å². The van der Waals surface area contributed by atoms with Crippen molar-refractivity contribution in [3.05, 3.63) is 4.91 Å². The van der Waals surface area contributed by atoms with Gasteiger partial charge in [0.05, 0.1) is 5.29 Å². The van der Waals surface area contributed by atoms with Crippen molar-refractivity contribution in [2.75, 3.05) is 0 Å². The van der Waals surface area contributed by atoms with Crippen LogP contribution in [-0.2, 0) is 0 Å². The van der Waals surface area contributed by atoms with Gasteiger partial charge >= 0.3 is 0 Å². The standard InChI is InChI=1S/C4H9N3O/c1-3(2)4(5)6-7-8/h3H,1-2H3,(H2,5,6,8). The normalized spacial score (nSPS) is 12.1. The summed E-state index contributed by atoms with van der Waals surface area (Å²) in [5.74, 6) is 0.382. The predicted molar refractivity (Wildman–Crippen MR) is 32.3 cm³/mol. The molecule has 8 heavy (non-hydrogen) atoms. The second-order valence-corrected chi connectivity index (χ2v) is 1.76. The minimum atomic E-state index is 0.104. The highest BCUT2D eigenvalue weighted by atomic mass is 16.3. The maximum atomic E-state index is 9.40. The quantitative estimate of drug-likeness (QED) is 0.249. The van der Waals surface area contributed by atoms with Crippen LogP contribution in [0.3, 0.4) is 0 Å². The van der Waals surface area contributed by atoms with Crippen molar-refractivity contribution < 1.29 is 0 Å². The van der Waals surface area contributed by atoms with E-state index in [0.29, 0.717) is 0 Å². The van der Waals surface area contributed by atoms with Crippen molar-refractivity contribution in [3.8, 4) is 0 Å². The molecule has 0 heterocycles. The van der Waals surface area contributed by atoms with Gasteiger partial charge in [-0.1, -0.05) is 18.9 Å². The number of nitrogens with zero attached hydrogens (tertiary/aromatic N) is 2. The van der Waals surface area contributed by atoms with Crippen LogP contribution in [0.2, 0.25) is 0 Å². The van der Waals surface area contributed by atoms with E-state index >= 15 is 0 Å². The summed E-state index contributed by atoms with van der Waals surface area (Å²) in [6, 6.07) is 0. The topological polar surface area (TPSA) is 67.8 Å². The maximum Gasteiger partial charge on any atom is 0.128 e. The van der Waals surface area contributed by atoms with Gasteiger partial charge in [-0.15, -0.1) is 4.91 Å². The number of hydrogen-bond donors (Lipinski definition) is 1. The van der Waals surface area contributed by atoms with Gasteiger partial charge < -0.3 is 5.73 Å². The molecule has 0 atom stereocenters. The third-order valence-corrected chi connectivity index (χ3v) is 0.748. The second-order valence-electron chi connectivity index (χ2n) is 1.76. The van der Waals surface area contributed by atoms with Gasteiger partial charge in [0.15, 0.2) is 0 Å². The van der Waals surface area contributed by atoms with Gasteiger partial charge in [-0.05, 0) is 0 Å². The Labute approximate surface area is 47.7 Å². The smallest absolute Gasteiger partial charge is 0.128 e. The van der Waals surface area contributed by atoms with E-state index in [4.69, 9.17) is 5.73 Å². The third kappa shape index (κ3) is 2.28. The summed E-state index contributed by atoms with van der Waals surface area (Å²) in [6.45, 7) is 3.67. The Morgan fingerprint density at radius 3 is 2.25 bits per heavy atom. The first-order valence-electron chi connectivity index (χ1n) is 2.34. The van der Waals surface area contributed by atoms with Gasteiger partial charge in [-0.2, -0.15) is 0 Å². The molecule has 0 aromatic carbocycles. The van der Waals surface area contributed by atoms with Crippen molar-refractivity contribution in [3.63, 3.8) is 0 Å². The molecule has 0 bridgehead atoms. The Bertz CT molecular complexity index is 108. The summed E-state index contributed by atoms with van der Waals surface area (Å²) in [5, 5.41) is 5.36. The highest BCUT2D eigenvalue weighted by molar-refractivity contribution is 5.81. The van der Waals surface area contributed by atoms with Crippen molar-refractivity contribution in [2.45, 2.75) is 13.8 Å². The summed E-state index contributed by atoms with van der Waals surface area (Å²) in [5.41, 5.74) is 5.18. The molecule has 0 saturated heterocycles. The van der Waals surface area contributed by atoms with Crippen LogP contribution in [0.15, 0.2) is 10.4 Å². The number of nitroso groups, excluding NO2 is 1. The highest BCUT2D eigenvalue weighted by Gasteiger charge is 1.96. The Kier molecular flexibility index (Phi) is 2.76. The van der Waals surface area contributed by atoms with E-state index in [2.05, 4.69) is 10.4 Å². The predicted octanol–water partition coefficient (Wildman–Crippen LogP) is 0.681. The Morgan fingerprint density at radius 1 is 1.62 bits per heavy atom. The zero-order chi connectivity index (χ0) is 6.57. The number of hydrogen-bond acceptors (Lipinski definition) is 2. The Hall–Kier alpha value is -0.930. The first kappa shape index (κ1) is 7.07. The molecule has 0 aliphatic carbocycles. The number of amidine groups is 1. The van der Waals surface area contributed by atoms with E-state index in [1.165, 1.54) is 0 Å². The summed E-state index contributed by atoms with van der Waals surface area (Å²) < 4.78 is 0. The molecule has 4 nitrogen and oxygen atoms in total. The molecule has 0 saturated carbocycles. The first-order valence-corrected chi connectivity index (χ1v) is 2.34. The van der Waals surface area contributed by atoms with Crippen LogP contribution in [0.4, 0.5) is 0 Å². The number of nitrogens with two attached hydrogens (primary N) is 1. The summed E-state index contributed by atoms with van der Waals surface area (Å²) in [4.78, 5) is 9.40. The van der Waals surface area contributed by atoms with E-state index in [1.807, 2.05) is 13.8 Å². The lowest BCUT2D eigenvalue weighted by molar-refractivity contribution is 0.862. The average molecular weight is 115 g/mol. The van der Waals surface area contributed by atoms with Crippen LogP contribution in [0.25, 0.3) is 0 Å². The fourth-order valence-corrected chi connectivity index (χ4v) is 0.163. The Morgan fingerprint density at radius 2 is 2.12 bits per heavy atom. The molecule has 0 fully saturated rings. The second kappa shape index (κ2) is 3.12. The van der Waals surface area contributed by atoms with Gasteiger partial charge in [0.25, 0.3) is 0 Å². The molecule has 0 aromatic heterocycles. The van der Waals surface area contributed by atoms with Gasteiger partial charge in [0.2, 0.25) is 0 Å². The monoisotopic (exact) mass is 115 g/mol. The summed E-state index contributed by atoms with van der Waals surface area (Å²) >= 11 is 0. The van der Waals surface area contributed by atoms with Crippen molar-refractivity contribution >= 4 is 5.84 Å². The van der Waals surface area contributed by atoms with Gasteiger partial charge in [-0.25, -0.2) is 0 Å². The van der Waals surface area contributed by atoms with Crippen LogP contribution < -0.4 is 5.73 Å². The molecular formula is C4H9N3O. The molecule has 0 aromatic rings. The van der Waals surface area contributed by atoms with Crippen LogP contribution in [0.5, 0.6) is 0 Å². The molecule has 0 aliphatic rings. The maximum absolute atomic E-state index is 9.40. The van der Waals surface area contributed by atoms with E-state index in [9.17, 15) is 4.91 Å². The lowest BCUT2D eigenvalue weighted by Crippen LogP contribution is -2.17. The fraction of sp³-hybridized carbons (Fsp3) is 0.750. The molecule has 46 valence electrons. The fourth-order valence-electron chi connectivity index (χ4n) is 0.163.